The number of hydrogen-bond donors (Lipinski definition) is 1. The van der Waals surface area contributed by atoms with E-state index in [9.17, 15) is 14.7 Å². The average molecular weight is 603 g/mol. The van der Waals surface area contributed by atoms with Crippen LogP contribution in [-0.4, -0.2) is 91.7 Å². The van der Waals surface area contributed by atoms with Crippen molar-refractivity contribution < 1.29 is 33.9 Å². The van der Waals surface area contributed by atoms with E-state index in [0.717, 1.165) is 110 Å². The maximum Gasteiger partial charge on any atom is 0.508 e. The molecule has 0 rings (SSSR count). The van der Waals surface area contributed by atoms with Crippen molar-refractivity contribution in [2.24, 2.45) is 0 Å². The summed E-state index contributed by atoms with van der Waals surface area (Å²) in [7, 11) is 0. The Morgan fingerprint density at radius 3 is 1.81 bits per heavy atom. The van der Waals surface area contributed by atoms with Gasteiger partial charge in [0.2, 0.25) is 0 Å². The summed E-state index contributed by atoms with van der Waals surface area (Å²) in [5, 5.41) is 9.40. The van der Waals surface area contributed by atoms with Crippen LogP contribution in [0.4, 0.5) is 4.79 Å². The standard InChI is InChI=1S/C33H66N2O7/c1-6-11-12-18-21-31(40-33(38)39-29-27-35(26-28-36)25-24-34(9-4)10-5)22-19-16-14-13-15-17-20-23-32(37)42-41-30(7-2)8-3/h30-31,36H,6-29H2,1-5H3. The van der Waals surface area contributed by atoms with E-state index < -0.39 is 6.16 Å². The molecule has 0 aromatic rings. The van der Waals surface area contributed by atoms with Crippen LogP contribution in [0.1, 0.15) is 137 Å². The van der Waals surface area contributed by atoms with E-state index in [-0.39, 0.29) is 31.4 Å². The van der Waals surface area contributed by atoms with Crippen LogP contribution in [0, 0.1) is 0 Å². The van der Waals surface area contributed by atoms with Gasteiger partial charge in [-0.15, -0.1) is 0 Å². The van der Waals surface area contributed by atoms with Crippen LogP contribution < -0.4 is 0 Å². The molecule has 0 aromatic carbocycles. The number of aliphatic hydroxyl groups is 1. The summed E-state index contributed by atoms with van der Waals surface area (Å²) in [6.07, 6.45) is 15.1. The zero-order chi connectivity index (χ0) is 31.3. The molecule has 0 aliphatic heterocycles. The molecule has 250 valence electrons. The largest absolute Gasteiger partial charge is 0.508 e. The van der Waals surface area contributed by atoms with Crippen molar-refractivity contribution in [1.82, 2.24) is 9.80 Å². The minimum Gasteiger partial charge on any atom is -0.433 e. The Morgan fingerprint density at radius 2 is 1.24 bits per heavy atom. The van der Waals surface area contributed by atoms with E-state index in [1.807, 2.05) is 13.8 Å². The fourth-order valence-electron chi connectivity index (χ4n) is 4.90. The predicted molar refractivity (Wildman–Crippen MR) is 169 cm³/mol. The van der Waals surface area contributed by atoms with Gasteiger partial charge in [0.1, 0.15) is 18.8 Å². The van der Waals surface area contributed by atoms with Crippen molar-refractivity contribution in [2.75, 3.05) is 52.5 Å². The van der Waals surface area contributed by atoms with Crippen LogP contribution in [0.15, 0.2) is 0 Å². The Hall–Kier alpha value is -1.42. The van der Waals surface area contributed by atoms with Crippen molar-refractivity contribution in [3.63, 3.8) is 0 Å². The molecule has 0 spiro atoms. The van der Waals surface area contributed by atoms with E-state index in [1.165, 1.54) is 12.8 Å². The minimum atomic E-state index is -0.577. The van der Waals surface area contributed by atoms with Crippen molar-refractivity contribution in [3.05, 3.63) is 0 Å². The molecular weight excluding hydrogens is 536 g/mol. The molecular formula is C33H66N2O7. The van der Waals surface area contributed by atoms with Gasteiger partial charge < -0.3 is 19.5 Å². The van der Waals surface area contributed by atoms with Gasteiger partial charge in [0.05, 0.1) is 6.61 Å². The molecule has 0 heterocycles. The van der Waals surface area contributed by atoms with E-state index in [4.69, 9.17) is 19.2 Å². The van der Waals surface area contributed by atoms with Gasteiger partial charge in [-0.25, -0.2) is 9.59 Å². The zero-order valence-corrected chi connectivity index (χ0v) is 27.9. The van der Waals surface area contributed by atoms with Crippen LogP contribution in [0.3, 0.4) is 0 Å². The first-order chi connectivity index (χ1) is 20.4. The lowest BCUT2D eigenvalue weighted by Crippen LogP contribution is -2.38. The number of nitrogens with zero attached hydrogens (tertiary/aromatic N) is 2. The van der Waals surface area contributed by atoms with Crippen LogP contribution in [0.5, 0.6) is 0 Å². The van der Waals surface area contributed by atoms with Crippen LogP contribution in [0.25, 0.3) is 0 Å². The Kier molecular flexibility index (Phi) is 28.6. The Balaban J connectivity index is 4.23. The molecule has 0 aliphatic carbocycles. The highest BCUT2D eigenvalue weighted by Crippen LogP contribution is 2.17. The second kappa shape index (κ2) is 29.6. The maximum absolute atomic E-state index is 12.5. The molecule has 0 aromatic heterocycles. The number of carbonyl (C=O) groups is 2. The fourth-order valence-corrected chi connectivity index (χ4v) is 4.90. The second-order valence-corrected chi connectivity index (χ2v) is 11.3. The van der Waals surface area contributed by atoms with Crippen molar-refractivity contribution in [1.29, 1.82) is 0 Å². The molecule has 0 saturated heterocycles. The zero-order valence-electron chi connectivity index (χ0n) is 27.9. The van der Waals surface area contributed by atoms with Gasteiger partial charge in [0.25, 0.3) is 0 Å². The quantitative estimate of drug-likeness (QED) is 0.0393. The number of unbranched alkanes of at least 4 members (excludes halogenated alkanes) is 9. The number of likely N-dealkylation sites (N-methyl/N-ethyl adjacent to an activating group) is 1. The third-order valence-electron chi connectivity index (χ3n) is 7.91. The van der Waals surface area contributed by atoms with Gasteiger partial charge in [-0.05, 0) is 58.0 Å². The van der Waals surface area contributed by atoms with E-state index >= 15 is 0 Å². The third kappa shape index (κ3) is 24.1. The number of hydrogen-bond acceptors (Lipinski definition) is 9. The lowest BCUT2D eigenvalue weighted by molar-refractivity contribution is -0.298. The summed E-state index contributed by atoms with van der Waals surface area (Å²) < 4.78 is 11.2. The topological polar surface area (TPSA) is 97.8 Å². The second-order valence-electron chi connectivity index (χ2n) is 11.3. The van der Waals surface area contributed by atoms with Gasteiger partial charge in [0.15, 0.2) is 0 Å². The Morgan fingerprint density at radius 1 is 0.667 bits per heavy atom. The average Bonchev–Trinajstić information content (AvgIpc) is 2.99. The van der Waals surface area contributed by atoms with Crippen molar-refractivity contribution in [2.45, 2.75) is 150 Å². The summed E-state index contributed by atoms with van der Waals surface area (Å²) in [6, 6.07) is 0. The lowest BCUT2D eigenvalue weighted by atomic mass is 10.0. The minimum absolute atomic E-state index is 0.0121. The van der Waals surface area contributed by atoms with Crippen molar-refractivity contribution >= 4 is 12.1 Å². The molecule has 0 saturated carbocycles. The highest BCUT2D eigenvalue weighted by atomic mass is 17.2. The monoisotopic (exact) mass is 602 g/mol. The number of carbonyl (C=O) groups excluding carboxylic acids is 2. The first kappa shape index (κ1) is 40.6. The molecule has 9 nitrogen and oxygen atoms in total. The molecule has 1 N–H and O–H groups in total. The molecule has 0 radical (unpaired) electrons. The molecule has 1 unspecified atom stereocenters. The summed E-state index contributed by atoms with van der Waals surface area (Å²) in [6.45, 7) is 15.8. The lowest BCUT2D eigenvalue weighted by Gasteiger charge is -2.25. The van der Waals surface area contributed by atoms with Gasteiger partial charge in [-0.3, -0.25) is 9.79 Å². The molecule has 1 atom stereocenters. The van der Waals surface area contributed by atoms with Gasteiger partial charge in [-0.1, -0.05) is 86.0 Å². The van der Waals surface area contributed by atoms with Gasteiger partial charge >= 0.3 is 12.1 Å². The predicted octanol–water partition coefficient (Wildman–Crippen LogP) is 7.29. The van der Waals surface area contributed by atoms with E-state index in [2.05, 4.69) is 30.6 Å². The number of rotatable bonds is 30. The van der Waals surface area contributed by atoms with E-state index in [0.29, 0.717) is 19.5 Å². The summed E-state index contributed by atoms with van der Waals surface area (Å²) >= 11 is 0. The molecule has 0 amide bonds. The first-order valence-electron chi connectivity index (χ1n) is 17.2. The number of ether oxygens (including phenoxy) is 2. The highest BCUT2D eigenvalue weighted by Gasteiger charge is 2.16. The SMILES string of the molecule is CCCCCCC(CCCCCCCCCC(=O)OOC(CC)CC)OC(=O)OCCN(CCO)CCN(CC)CC. The normalized spacial score (nSPS) is 12.3. The smallest absolute Gasteiger partial charge is 0.433 e. The highest BCUT2D eigenvalue weighted by molar-refractivity contribution is 5.68. The summed E-state index contributed by atoms with van der Waals surface area (Å²) in [5.41, 5.74) is 0. The fraction of sp³-hybridized carbons (Fsp3) is 0.939. The molecule has 0 fully saturated rings. The maximum atomic E-state index is 12.5. The molecule has 0 bridgehead atoms. The number of aliphatic hydroxyl groups excluding tert-OH is 1. The first-order valence-corrected chi connectivity index (χ1v) is 17.2. The Bertz CT molecular complexity index is 615. The van der Waals surface area contributed by atoms with Gasteiger partial charge in [-0.2, -0.15) is 4.89 Å². The summed E-state index contributed by atoms with van der Waals surface area (Å²) in [5.74, 6) is -0.275. The van der Waals surface area contributed by atoms with Crippen LogP contribution >= 0.6 is 0 Å². The molecule has 0 aliphatic rings. The van der Waals surface area contributed by atoms with E-state index in [1.54, 1.807) is 0 Å². The third-order valence-corrected chi connectivity index (χ3v) is 7.91. The van der Waals surface area contributed by atoms with Gasteiger partial charge in [0, 0.05) is 32.6 Å². The summed E-state index contributed by atoms with van der Waals surface area (Å²) in [4.78, 5) is 38.8. The van der Waals surface area contributed by atoms with Crippen LogP contribution in [-0.2, 0) is 24.0 Å². The Labute approximate surface area is 257 Å². The van der Waals surface area contributed by atoms with Crippen LogP contribution in [0.2, 0.25) is 0 Å². The molecule has 42 heavy (non-hydrogen) atoms. The molecule has 9 heteroatoms. The van der Waals surface area contributed by atoms with Crippen molar-refractivity contribution in [3.8, 4) is 0 Å².